The van der Waals surface area contributed by atoms with Crippen LogP contribution in [0.4, 0.5) is 5.69 Å². The van der Waals surface area contributed by atoms with Gasteiger partial charge in [-0.1, -0.05) is 70.8 Å². The SMILES string of the molecule is CC1=C(c2nc(-c3cccc(Cl)c3)no2)C(c2ccccc2)NC(=S)N1c1ccc(Cl)cc1. The van der Waals surface area contributed by atoms with Gasteiger partial charge in [0, 0.05) is 27.0 Å². The number of hydrogen-bond donors (Lipinski definition) is 1. The van der Waals surface area contributed by atoms with Crippen LogP contribution in [0.2, 0.25) is 10.0 Å². The number of halogens is 2. The van der Waals surface area contributed by atoms with E-state index in [0.717, 1.165) is 28.1 Å². The fourth-order valence-electron chi connectivity index (χ4n) is 3.89. The number of allylic oxidation sites excluding steroid dienone is 1. The Balaban J connectivity index is 1.65. The van der Waals surface area contributed by atoms with E-state index in [2.05, 4.69) is 10.5 Å². The maximum absolute atomic E-state index is 6.15. The minimum absolute atomic E-state index is 0.255. The highest BCUT2D eigenvalue weighted by Crippen LogP contribution is 2.39. The van der Waals surface area contributed by atoms with Crippen molar-refractivity contribution in [2.75, 3.05) is 4.90 Å². The molecule has 0 saturated heterocycles. The zero-order chi connectivity index (χ0) is 22.9. The summed E-state index contributed by atoms with van der Waals surface area (Å²) in [4.78, 5) is 6.66. The van der Waals surface area contributed by atoms with E-state index in [-0.39, 0.29) is 6.04 Å². The van der Waals surface area contributed by atoms with E-state index in [1.54, 1.807) is 12.1 Å². The largest absolute Gasteiger partial charge is 0.351 e. The van der Waals surface area contributed by atoms with Crippen LogP contribution >= 0.6 is 35.4 Å². The van der Waals surface area contributed by atoms with Crippen molar-refractivity contribution >= 4 is 51.8 Å². The lowest BCUT2D eigenvalue weighted by Crippen LogP contribution is -2.46. The highest BCUT2D eigenvalue weighted by atomic mass is 35.5. The maximum atomic E-state index is 6.15. The van der Waals surface area contributed by atoms with Crippen LogP contribution in [-0.4, -0.2) is 15.3 Å². The molecule has 1 aliphatic rings. The lowest BCUT2D eigenvalue weighted by atomic mass is 9.94. The lowest BCUT2D eigenvalue weighted by molar-refractivity contribution is 0.404. The molecule has 0 bridgehead atoms. The third kappa shape index (κ3) is 4.25. The van der Waals surface area contributed by atoms with E-state index in [9.17, 15) is 0 Å². The van der Waals surface area contributed by atoms with Gasteiger partial charge in [-0.05, 0) is 61.1 Å². The summed E-state index contributed by atoms with van der Waals surface area (Å²) in [5.41, 5.74) is 4.42. The van der Waals surface area contributed by atoms with Crippen molar-refractivity contribution in [3.05, 3.63) is 106 Å². The molecule has 33 heavy (non-hydrogen) atoms. The number of nitrogens with one attached hydrogen (secondary N) is 1. The first kappa shape index (κ1) is 21.6. The second-order valence-corrected chi connectivity index (χ2v) is 8.80. The highest BCUT2D eigenvalue weighted by molar-refractivity contribution is 7.80. The van der Waals surface area contributed by atoms with Gasteiger partial charge < -0.3 is 9.84 Å². The molecule has 1 aromatic heterocycles. The quantitative estimate of drug-likeness (QED) is 0.312. The van der Waals surface area contributed by atoms with Crippen molar-refractivity contribution in [2.45, 2.75) is 13.0 Å². The van der Waals surface area contributed by atoms with Crippen LogP contribution in [0, 0.1) is 0 Å². The monoisotopic (exact) mass is 492 g/mol. The van der Waals surface area contributed by atoms with Gasteiger partial charge >= 0.3 is 0 Å². The van der Waals surface area contributed by atoms with Crippen molar-refractivity contribution in [3.8, 4) is 11.4 Å². The summed E-state index contributed by atoms with van der Waals surface area (Å²) in [6, 6.07) is 24.7. The van der Waals surface area contributed by atoms with Crippen molar-refractivity contribution < 1.29 is 4.52 Å². The third-order valence-corrected chi connectivity index (χ3v) is 6.23. The summed E-state index contributed by atoms with van der Waals surface area (Å²) in [7, 11) is 0. The molecule has 4 aromatic rings. The molecule has 1 unspecified atom stereocenters. The minimum atomic E-state index is -0.255. The van der Waals surface area contributed by atoms with Crippen molar-refractivity contribution in [3.63, 3.8) is 0 Å². The lowest BCUT2D eigenvalue weighted by Gasteiger charge is -2.37. The Morgan fingerprint density at radius 3 is 2.42 bits per heavy atom. The molecule has 0 amide bonds. The molecule has 164 valence electrons. The molecule has 1 N–H and O–H groups in total. The Kier molecular flexibility index (Phi) is 5.89. The zero-order valence-corrected chi connectivity index (χ0v) is 19.8. The average molecular weight is 493 g/mol. The number of benzene rings is 3. The van der Waals surface area contributed by atoms with Crippen LogP contribution in [0.3, 0.4) is 0 Å². The van der Waals surface area contributed by atoms with Crippen LogP contribution in [0.25, 0.3) is 17.0 Å². The van der Waals surface area contributed by atoms with Crippen molar-refractivity contribution in [1.82, 2.24) is 15.5 Å². The van der Waals surface area contributed by atoms with Gasteiger partial charge in [-0.3, -0.25) is 4.90 Å². The van der Waals surface area contributed by atoms with Gasteiger partial charge in [0.1, 0.15) is 0 Å². The number of hydrogen-bond acceptors (Lipinski definition) is 4. The average Bonchev–Trinajstić information content (AvgIpc) is 3.30. The van der Waals surface area contributed by atoms with Gasteiger partial charge in [0.15, 0.2) is 5.11 Å². The summed E-state index contributed by atoms with van der Waals surface area (Å²) in [6.07, 6.45) is 0. The first-order chi connectivity index (χ1) is 16.0. The topological polar surface area (TPSA) is 54.2 Å². The molecule has 1 aliphatic heterocycles. The Morgan fingerprint density at radius 1 is 0.939 bits per heavy atom. The van der Waals surface area contributed by atoms with Crippen LogP contribution < -0.4 is 10.2 Å². The molecular weight excluding hydrogens is 475 g/mol. The first-order valence-corrected chi connectivity index (χ1v) is 11.4. The van der Waals surface area contributed by atoms with E-state index >= 15 is 0 Å². The zero-order valence-electron chi connectivity index (χ0n) is 17.5. The van der Waals surface area contributed by atoms with E-state index < -0.39 is 0 Å². The van der Waals surface area contributed by atoms with E-state index in [4.69, 9.17) is 44.9 Å². The Morgan fingerprint density at radius 2 is 1.70 bits per heavy atom. The normalized spacial score (nSPS) is 16.2. The second kappa shape index (κ2) is 8.98. The van der Waals surface area contributed by atoms with E-state index in [0.29, 0.717) is 26.9 Å². The predicted molar refractivity (Wildman–Crippen MR) is 136 cm³/mol. The molecule has 0 saturated carbocycles. The molecule has 1 atom stereocenters. The van der Waals surface area contributed by atoms with Crippen molar-refractivity contribution in [2.24, 2.45) is 0 Å². The molecule has 5 nitrogen and oxygen atoms in total. The summed E-state index contributed by atoms with van der Waals surface area (Å²) >= 11 is 18.0. The van der Waals surface area contributed by atoms with Crippen LogP contribution in [0.5, 0.6) is 0 Å². The molecule has 3 aromatic carbocycles. The first-order valence-electron chi connectivity index (χ1n) is 10.2. The van der Waals surface area contributed by atoms with Gasteiger partial charge in [-0.25, -0.2) is 0 Å². The molecule has 0 aliphatic carbocycles. The maximum Gasteiger partial charge on any atom is 0.258 e. The van der Waals surface area contributed by atoms with Crippen LogP contribution in [0.1, 0.15) is 24.4 Å². The van der Waals surface area contributed by atoms with Gasteiger partial charge in [-0.15, -0.1) is 0 Å². The number of anilines is 1. The van der Waals surface area contributed by atoms with Crippen LogP contribution in [-0.2, 0) is 0 Å². The predicted octanol–water partition coefficient (Wildman–Crippen LogP) is 6.91. The standard InChI is InChI=1S/C25H18Cl2N4OS/c1-15-21(24-29-23(30-32-24)17-8-5-9-19(27)14-17)22(16-6-3-2-4-7-16)28-25(33)31(15)20-12-10-18(26)11-13-20/h2-14,22H,1H3,(H,28,33). The van der Waals surface area contributed by atoms with Gasteiger partial charge in [-0.2, -0.15) is 4.98 Å². The number of thiocarbonyl (C=S) groups is 1. The molecule has 5 rings (SSSR count). The minimum Gasteiger partial charge on any atom is -0.351 e. The molecule has 8 heteroatoms. The molecular formula is C25H18Cl2N4OS. The van der Waals surface area contributed by atoms with Crippen molar-refractivity contribution in [1.29, 1.82) is 0 Å². The van der Waals surface area contributed by atoms with Gasteiger partial charge in [0.05, 0.1) is 11.6 Å². The number of aromatic nitrogens is 2. The van der Waals surface area contributed by atoms with Crippen LogP contribution in [0.15, 0.2) is 89.1 Å². The summed E-state index contributed by atoms with van der Waals surface area (Å²) in [5, 5.41) is 9.50. The summed E-state index contributed by atoms with van der Waals surface area (Å²) < 4.78 is 5.77. The van der Waals surface area contributed by atoms with E-state index in [1.807, 2.05) is 78.6 Å². The molecule has 0 spiro atoms. The Bertz CT molecular complexity index is 1350. The number of nitrogens with zero attached hydrogens (tertiary/aromatic N) is 3. The fraction of sp³-hybridized carbons (Fsp3) is 0.0800. The second-order valence-electron chi connectivity index (χ2n) is 7.54. The fourth-order valence-corrected chi connectivity index (χ4v) is 4.57. The molecule has 0 fully saturated rings. The molecule has 0 radical (unpaired) electrons. The highest BCUT2D eigenvalue weighted by Gasteiger charge is 2.34. The Labute approximate surface area is 206 Å². The van der Waals surface area contributed by atoms with Gasteiger partial charge in [0.2, 0.25) is 5.82 Å². The Hall–Kier alpha value is -3.19. The smallest absolute Gasteiger partial charge is 0.258 e. The molecule has 2 heterocycles. The summed E-state index contributed by atoms with van der Waals surface area (Å²) in [5.74, 6) is 0.871. The summed E-state index contributed by atoms with van der Waals surface area (Å²) in [6.45, 7) is 2.00. The third-order valence-electron chi connectivity index (χ3n) is 5.44. The number of rotatable bonds is 4. The van der Waals surface area contributed by atoms with E-state index in [1.165, 1.54) is 0 Å². The van der Waals surface area contributed by atoms with Gasteiger partial charge in [0.25, 0.3) is 5.89 Å².